The van der Waals surface area contributed by atoms with Crippen LogP contribution in [0, 0.1) is 0 Å². The van der Waals surface area contributed by atoms with Gasteiger partial charge in [-0.25, -0.2) is 4.98 Å². The highest BCUT2D eigenvalue weighted by Crippen LogP contribution is 2.21. The fraction of sp³-hybridized carbons (Fsp3) is 0.111. The van der Waals surface area contributed by atoms with E-state index in [0.717, 1.165) is 22.1 Å². The van der Waals surface area contributed by atoms with Crippen LogP contribution in [-0.4, -0.2) is 17.0 Å². The fourth-order valence-electron chi connectivity index (χ4n) is 2.20. The molecule has 1 N–H and O–H groups in total. The van der Waals surface area contributed by atoms with Gasteiger partial charge < -0.3 is 10.2 Å². The van der Waals surface area contributed by atoms with Gasteiger partial charge in [-0.2, -0.15) is 4.98 Å². The Morgan fingerprint density at radius 1 is 1.00 bits per heavy atom. The summed E-state index contributed by atoms with van der Waals surface area (Å²) in [5, 5.41) is 4.03. The maximum Gasteiger partial charge on any atom is 0.231 e. The van der Waals surface area contributed by atoms with Crippen molar-refractivity contribution in [3.05, 3.63) is 77.4 Å². The summed E-state index contributed by atoms with van der Waals surface area (Å²) in [6, 6.07) is 19.6. The third-order valence-corrected chi connectivity index (χ3v) is 3.87. The highest BCUT2D eigenvalue weighted by Gasteiger charge is 2.07. The van der Waals surface area contributed by atoms with Crippen LogP contribution in [0.2, 0.25) is 5.02 Å². The quantitative estimate of drug-likeness (QED) is 0.749. The summed E-state index contributed by atoms with van der Waals surface area (Å²) in [6.07, 6.45) is 1.75. The summed E-state index contributed by atoms with van der Waals surface area (Å²) < 4.78 is 0. The van der Waals surface area contributed by atoms with Crippen LogP contribution < -0.4 is 10.2 Å². The van der Waals surface area contributed by atoms with E-state index in [0.29, 0.717) is 12.5 Å². The Kier molecular flexibility index (Phi) is 4.74. The molecule has 0 aliphatic rings. The maximum absolute atomic E-state index is 6.17. The Balaban J connectivity index is 1.74. The average Bonchev–Trinajstić information content (AvgIpc) is 2.61. The maximum atomic E-state index is 6.17. The summed E-state index contributed by atoms with van der Waals surface area (Å²) in [6.45, 7) is 0.616. The van der Waals surface area contributed by atoms with Gasteiger partial charge in [-0.15, -0.1) is 0 Å². The summed E-state index contributed by atoms with van der Waals surface area (Å²) in [7, 11) is 1.95. The number of anilines is 3. The van der Waals surface area contributed by atoms with Crippen molar-refractivity contribution in [1.29, 1.82) is 0 Å². The molecule has 2 aromatic carbocycles. The molecule has 4 nitrogen and oxygen atoms in total. The Morgan fingerprint density at radius 2 is 1.74 bits per heavy atom. The lowest BCUT2D eigenvalue weighted by atomic mass is 10.2. The second kappa shape index (κ2) is 7.11. The molecule has 3 aromatic rings. The van der Waals surface area contributed by atoms with Crippen molar-refractivity contribution in [3.8, 4) is 0 Å². The molecule has 0 aliphatic carbocycles. The van der Waals surface area contributed by atoms with Crippen molar-refractivity contribution in [1.82, 2.24) is 9.97 Å². The molecule has 0 unspecified atom stereocenters. The first-order chi connectivity index (χ1) is 11.2. The first-order valence-electron chi connectivity index (χ1n) is 7.33. The lowest BCUT2D eigenvalue weighted by Gasteiger charge is -2.17. The zero-order valence-electron chi connectivity index (χ0n) is 12.8. The minimum absolute atomic E-state index is 0.616. The number of rotatable bonds is 5. The van der Waals surface area contributed by atoms with Gasteiger partial charge in [0.15, 0.2) is 0 Å². The predicted octanol–water partition coefficient (Wildman–Crippen LogP) is 4.51. The molecule has 23 heavy (non-hydrogen) atoms. The number of hydrogen-bond acceptors (Lipinski definition) is 4. The van der Waals surface area contributed by atoms with Gasteiger partial charge in [0, 0.05) is 30.5 Å². The van der Waals surface area contributed by atoms with Gasteiger partial charge in [0.2, 0.25) is 5.95 Å². The molecule has 0 atom stereocenters. The van der Waals surface area contributed by atoms with Gasteiger partial charge in [0.05, 0.1) is 0 Å². The summed E-state index contributed by atoms with van der Waals surface area (Å²) in [5.74, 6) is 1.40. The number of aromatic nitrogens is 2. The molecule has 1 aromatic heterocycles. The molecule has 0 radical (unpaired) electrons. The van der Waals surface area contributed by atoms with Crippen LogP contribution in [-0.2, 0) is 6.54 Å². The zero-order valence-corrected chi connectivity index (χ0v) is 13.5. The van der Waals surface area contributed by atoms with E-state index in [4.69, 9.17) is 11.6 Å². The predicted molar refractivity (Wildman–Crippen MR) is 95.3 cm³/mol. The second-order valence-electron chi connectivity index (χ2n) is 5.08. The Labute approximate surface area is 140 Å². The molecule has 0 bridgehead atoms. The van der Waals surface area contributed by atoms with E-state index in [2.05, 4.69) is 15.3 Å². The van der Waals surface area contributed by atoms with E-state index < -0.39 is 0 Å². The Hall–Kier alpha value is -2.59. The van der Waals surface area contributed by atoms with Gasteiger partial charge in [-0.1, -0.05) is 48.0 Å². The highest BCUT2D eigenvalue weighted by atomic mass is 35.5. The SMILES string of the molecule is CN(c1ccccc1)c1nccc(NCc2ccccc2Cl)n1. The van der Waals surface area contributed by atoms with E-state index in [1.807, 2.05) is 72.6 Å². The molecular formula is C18H17ClN4. The fourth-order valence-corrected chi connectivity index (χ4v) is 2.41. The molecule has 116 valence electrons. The van der Waals surface area contributed by atoms with Crippen LogP contribution in [0.15, 0.2) is 66.9 Å². The van der Waals surface area contributed by atoms with Crippen molar-refractivity contribution >= 4 is 29.1 Å². The molecule has 5 heteroatoms. The van der Waals surface area contributed by atoms with Crippen molar-refractivity contribution in [2.75, 3.05) is 17.3 Å². The largest absolute Gasteiger partial charge is 0.366 e. The third-order valence-electron chi connectivity index (χ3n) is 3.50. The Morgan fingerprint density at radius 3 is 2.52 bits per heavy atom. The standard InChI is InChI=1S/C18H17ClN4/c1-23(15-8-3-2-4-9-15)18-20-12-11-17(22-18)21-13-14-7-5-6-10-16(14)19/h2-12H,13H2,1H3,(H,20,21,22). The van der Waals surface area contributed by atoms with Crippen molar-refractivity contribution < 1.29 is 0 Å². The monoisotopic (exact) mass is 324 g/mol. The lowest BCUT2D eigenvalue weighted by molar-refractivity contribution is 1.02. The van der Waals surface area contributed by atoms with E-state index in [1.54, 1.807) is 6.20 Å². The van der Waals surface area contributed by atoms with Gasteiger partial charge in [0.1, 0.15) is 5.82 Å². The average molecular weight is 325 g/mol. The van der Waals surface area contributed by atoms with Crippen LogP contribution in [0.1, 0.15) is 5.56 Å². The molecule has 0 fully saturated rings. The van der Waals surface area contributed by atoms with Gasteiger partial charge in [-0.05, 0) is 29.8 Å². The van der Waals surface area contributed by atoms with E-state index >= 15 is 0 Å². The lowest BCUT2D eigenvalue weighted by Crippen LogP contribution is -2.14. The zero-order chi connectivity index (χ0) is 16.1. The summed E-state index contributed by atoms with van der Waals surface area (Å²) in [4.78, 5) is 10.8. The smallest absolute Gasteiger partial charge is 0.231 e. The topological polar surface area (TPSA) is 41.1 Å². The van der Waals surface area contributed by atoms with Crippen molar-refractivity contribution in [2.45, 2.75) is 6.54 Å². The van der Waals surface area contributed by atoms with E-state index in [-0.39, 0.29) is 0 Å². The third kappa shape index (κ3) is 3.79. The second-order valence-corrected chi connectivity index (χ2v) is 5.49. The highest BCUT2D eigenvalue weighted by molar-refractivity contribution is 6.31. The van der Waals surface area contributed by atoms with Gasteiger partial charge in [-0.3, -0.25) is 0 Å². The van der Waals surface area contributed by atoms with Crippen LogP contribution in [0.4, 0.5) is 17.5 Å². The molecule has 0 amide bonds. The summed E-state index contributed by atoms with van der Waals surface area (Å²) >= 11 is 6.17. The first kappa shape index (κ1) is 15.3. The van der Waals surface area contributed by atoms with Crippen LogP contribution in [0.3, 0.4) is 0 Å². The Bertz CT molecular complexity index is 777. The number of nitrogens with one attached hydrogen (secondary N) is 1. The molecule has 3 rings (SSSR count). The number of benzene rings is 2. The van der Waals surface area contributed by atoms with Crippen molar-refractivity contribution in [2.24, 2.45) is 0 Å². The first-order valence-corrected chi connectivity index (χ1v) is 7.71. The van der Waals surface area contributed by atoms with Gasteiger partial charge in [0.25, 0.3) is 0 Å². The van der Waals surface area contributed by atoms with Crippen LogP contribution >= 0.6 is 11.6 Å². The molecule has 0 saturated heterocycles. The number of nitrogens with zero attached hydrogens (tertiary/aromatic N) is 3. The minimum atomic E-state index is 0.616. The normalized spacial score (nSPS) is 10.3. The molecule has 0 spiro atoms. The van der Waals surface area contributed by atoms with Gasteiger partial charge >= 0.3 is 0 Å². The number of hydrogen-bond donors (Lipinski definition) is 1. The minimum Gasteiger partial charge on any atom is -0.366 e. The van der Waals surface area contributed by atoms with E-state index in [9.17, 15) is 0 Å². The molecule has 0 aliphatic heterocycles. The van der Waals surface area contributed by atoms with Crippen molar-refractivity contribution in [3.63, 3.8) is 0 Å². The number of halogens is 1. The van der Waals surface area contributed by atoms with E-state index in [1.165, 1.54) is 0 Å². The molecule has 1 heterocycles. The molecular weight excluding hydrogens is 308 g/mol. The van der Waals surface area contributed by atoms with Crippen LogP contribution in [0.5, 0.6) is 0 Å². The van der Waals surface area contributed by atoms with Crippen LogP contribution in [0.25, 0.3) is 0 Å². The molecule has 0 saturated carbocycles. The summed E-state index contributed by atoms with van der Waals surface area (Å²) in [5.41, 5.74) is 2.07. The number of para-hydroxylation sites is 1.